The maximum Gasteiger partial charge on any atom is 0.252 e. The third-order valence-corrected chi connectivity index (χ3v) is 4.30. The molecule has 0 heterocycles. The van der Waals surface area contributed by atoms with Crippen LogP contribution in [0.1, 0.15) is 51.5 Å². The Bertz CT molecular complexity index is 675. The lowest BCUT2D eigenvalue weighted by Crippen LogP contribution is -2.31. The minimum atomic E-state index is 0.0363. The normalized spacial score (nSPS) is 17.1. The molecule has 0 aromatic heterocycles. The summed E-state index contributed by atoms with van der Waals surface area (Å²) in [5.41, 5.74) is 5.66. The molecule has 2 nitrogen and oxygen atoms in total. The molecular formula is C19H21NO. The molecule has 0 aliphatic heterocycles. The van der Waals surface area contributed by atoms with E-state index >= 15 is 0 Å². The van der Waals surface area contributed by atoms with Gasteiger partial charge in [0.25, 0.3) is 5.91 Å². The molecule has 0 fully saturated rings. The van der Waals surface area contributed by atoms with Gasteiger partial charge in [-0.2, -0.15) is 0 Å². The molecule has 21 heavy (non-hydrogen) atoms. The van der Waals surface area contributed by atoms with E-state index in [0.29, 0.717) is 0 Å². The number of carbonyl (C=O) groups is 1. The van der Waals surface area contributed by atoms with E-state index in [0.717, 1.165) is 30.4 Å². The van der Waals surface area contributed by atoms with Gasteiger partial charge in [0.2, 0.25) is 0 Å². The Kier molecular flexibility index (Phi) is 3.78. The van der Waals surface area contributed by atoms with Crippen LogP contribution < -0.4 is 5.32 Å². The fourth-order valence-electron chi connectivity index (χ4n) is 3.21. The summed E-state index contributed by atoms with van der Waals surface area (Å²) in [5, 5.41) is 3.21. The van der Waals surface area contributed by atoms with Crippen LogP contribution >= 0.6 is 0 Å². The summed E-state index contributed by atoms with van der Waals surface area (Å²) >= 11 is 0. The van der Waals surface area contributed by atoms with E-state index < -0.39 is 0 Å². The number of hydrogen-bond acceptors (Lipinski definition) is 1. The van der Waals surface area contributed by atoms with E-state index in [-0.39, 0.29) is 11.9 Å². The molecule has 0 unspecified atom stereocenters. The van der Waals surface area contributed by atoms with E-state index in [2.05, 4.69) is 35.6 Å². The van der Waals surface area contributed by atoms with Gasteiger partial charge in [0.1, 0.15) is 0 Å². The summed E-state index contributed by atoms with van der Waals surface area (Å²) in [4.78, 5) is 12.5. The van der Waals surface area contributed by atoms with Crippen molar-refractivity contribution < 1.29 is 4.79 Å². The highest BCUT2D eigenvalue weighted by molar-refractivity contribution is 5.96. The molecule has 108 valence electrons. The molecule has 2 heteroatoms. The lowest BCUT2D eigenvalue weighted by Gasteiger charge is -2.26. The SMILES string of the molecule is Cc1ccc(C(=O)N[C@H]2CCCc3ccccc32)c(C)c1. The molecule has 0 spiro atoms. The Hall–Kier alpha value is -2.09. The summed E-state index contributed by atoms with van der Waals surface area (Å²) in [5.74, 6) is 0.0363. The maximum atomic E-state index is 12.5. The zero-order valence-corrected chi connectivity index (χ0v) is 12.6. The molecule has 0 bridgehead atoms. The minimum absolute atomic E-state index is 0.0363. The molecule has 0 saturated heterocycles. The van der Waals surface area contributed by atoms with Crippen molar-refractivity contribution in [3.8, 4) is 0 Å². The van der Waals surface area contributed by atoms with Crippen LogP contribution in [0.25, 0.3) is 0 Å². The first-order chi connectivity index (χ1) is 10.1. The number of fused-ring (bicyclic) bond motifs is 1. The Morgan fingerprint density at radius 3 is 2.76 bits per heavy atom. The number of aryl methyl sites for hydroxylation is 3. The predicted molar refractivity (Wildman–Crippen MR) is 85.5 cm³/mol. The van der Waals surface area contributed by atoms with Crippen molar-refractivity contribution in [2.24, 2.45) is 0 Å². The number of carbonyl (C=O) groups excluding carboxylic acids is 1. The first-order valence-electron chi connectivity index (χ1n) is 7.61. The van der Waals surface area contributed by atoms with Gasteiger partial charge in [-0.15, -0.1) is 0 Å². The summed E-state index contributed by atoms with van der Waals surface area (Å²) < 4.78 is 0. The number of hydrogen-bond donors (Lipinski definition) is 1. The topological polar surface area (TPSA) is 29.1 Å². The van der Waals surface area contributed by atoms with Gasteiger partial charge in [-0.3, -0.25) is 4.79 Å². The molecule has 1 aliphatic rings. The van der Waals surface area contributed by atoms with Crippen LogP contribution in [0.15, 0.2) is 42.5 Å². The highest BCUT2D eigenvalue weighted by atomic mass is 16.1. The van der Waals surface area contributed by atoms with Gasteiger partial charge in [-0.1, -0.05) is 42.0 Å². The Morgan fingerprint density at radius 2 is 1.95 bits per heavy atom. The number of rotatable bonds is 2. The summed E-state index contributed by atoms with van der Waals surface area (Å²) in [6.07, 6.45) is 3.27. The number of benzene rings is 2. The van der Waals surface area contributed by atoms with Gasteiger partial charge < -0.3 is 5.32 Å². The second-order valence-electron chi connectivity index (χ2n) is 5.94. The second kappa shape index (κ2) is 5.72. The Morgan fingerprint density at radius 1 is 1.14 bits per heavy atom. The van der Waals surface area contributed by atoms with Gasteiger partial charge in [-0.05, 0) is 55.9 Å². The van der Waals surface area contributed by atoms with Crippen molar-refractivity contribution in [3.63, 3.8) is 0 Å². The van der Waals surface area contributed by atoms with E-state index in [1.54, 1.807) is 0 Å². The number of nitrogens with one attached hydrogen (secondary N) is 1. The van der Waals surface area contributed by atoms with E-state index in [9.17, 15) is 4.79 Å². The van der Waals surface area contributed by atoms with Gasteiger partial charge in [0, 0.05) is 5.56 Å². The highest BCUT2D eigenvalue weighted by Crippen LogP contribution is 2.29. The zero-order chi connectivity index (χ0) is 14.8. The van der Waals surface area contributed by atoms with Crippen LogP contribution in [0, 0.1) is 13.8 Å². The average Bonchev–Trinajstić information content (AvgIpc) is 2.47. The smallest absolute Gasteiger partial charge is 0.252 e. The van der Waals surface area contributed by atoms with Crippen molar-refractivity contribution in [1.29, 1.82) is 0 Å². The Labute approximate surface area is 126 Å². The third-order valence-electron chi connectivity index (χ3n) is 4.30. The van der Waals surface area contributed by atoms with Crippen molar-refractivity contribution in [1.82, 2.24) is 5.32 Å². The quantitative estimate of drug-likeness (QED) is 0.880. The summed E-state index contributed by atoms with van der Waals surface area (Å²) in [6, 6.07) is 14.6. The van der Waals surface area contributed by atoms with Crippen molar-refractivity contribution >= 4 is 5.91 Å². The third kappa shape index (κ3) is 2.85. The first-order valence-corrected chi connectivity index (χ1v) is 7.61. The summed E-state index contributed by atoms with van der Waals surface area (Å²) in [7, 11) is 0. The lowest BCUT2D eigenvalue weighted by molar-refractivity contribution is 0.0932. The average molecular weight is 279 g/mol. The van der Waals surface area contributed by atoms with E-state index in [1.165, 1.54) is 16.7 Å². The van der Waals surface area contributed by atoms with Crippen molar-refractivity contribution in [2.75, 3.05) is 0 Å². The fourth-order valence-corrected chi connectivity index (χ4v) is 3.21. The van der Waals surface area contributed by atoms with Gasteiger partial charge in [0.15, 0.2) is 0 Å². The highest BCUT2D eigenvalue weighted by Gasteiger charge is 2.22. The molecule has 3 rings (SSSR count). The zero-order valence-electron chi connectivity index (χ0n) is 12.6. The molecule has 1 aliphatic carbocycles. The van der Waals surface area contributed by atoms with Gasteiger partial charge >= 0.3 is 0 Å². The molecule has 0 radical (unpaired) electrons. The molecule has 2 aromatic carbocycles. The molecule has 2 aromatic rings. The maximum absolute atomic E-state index is 12.5. The van der Waals surface area contributed by atoms with Crippen LogP contribution in [0.3, 0.4) is 0 Å². The van der Waals surface area contributed by atoms with Crippen LogP contribution in [0.5, 0.6) is 0 Å². The molecular weight excluding hydrogens is 258 g/mol. The van der Waals surface area contributed by atoms with Crippen LogP contribution in [0.4, 0.5) is 0 Å². The van der Waals surface area contributed by atoms with Crippen molar-refractivity contribution in [2.45, 2.75) is 39.2 Å². The molecule has 1 N–H and O–H groups in total. The summed E-state index contributed by atoms with van der Waals surface area (Å²) in [6.45, 7) is 4.04. The molecule has 1 amide bonds. The van der Waals surface area contributed by atoms with E-state index in [4.69, 9.17) is 0 Å². The van der Waals surface area contributed by atoms with Gasteiger partial charge in [-0.25, -0.2) is 0 Å². The first kappa shape index (κ1) is 13.9. The van der Waals surface area contributed by atoms with E-state index in [1.807, 2.05) is 26.0 Å². The van der Waals surface area contributed by atoms with Gasteiger partial charge in [0.05, 0.1) is 6.04 Å². The predicted octanol–water partition coefficient (Wildman–Crippen LogP) is 4.11. The van der Waals surface area contributed by atoms with Crippen LogP contribution in [-0.2, 0) is 6.42 Å². The lowest BCUT2D eigenvalue weighted by atomic mass is 9.87. The minimum Gasteiger partial charge on any atom is -0.345 e. The van der Waals surface area contributed by atoms with Crippen LogP contribution in [-0.4, -0.2) is 5.91 Å². The molecule has 0 saturated carbocycles. The Balaban J connectivity index is 1.83. The number of amides is 1. The monoisotopic (exact) mass is 279 g/mol. The fraction of sp³-hybridized carbons (Fsp3) is 0.316. The standard InChI is InChI=1S/C19H21NO/c1-13-10-11-16(14(2)12-13)19(21)20-18-9-5-7-15-6-3-4-8-17(15)18/h3-4,6,8,10-12,18H,5,7,9H2,1-2H3,(H,20,21)/t18-/m0/s1. The largest absolute Gasteiger partial charge is 0.345 e. The van der Waals surface area contributed by atoms with Crippen molar-refractivity contribution in [3.05, 3.63) is 70.3 Å². The second-order valence-corrected chi connectivity index (χ2v) is 5.94. The molecule has 1 atom stereocenters. The van der Waals surface area contributed by atoms with Crippen LogP contribution in [0.2, 0.25) is 0 Å².